The summed E-state index contributed by atoms with van der Waals surface area (Å²) in [7, 11) is 0. The molecule has 27 heavy (non-hydrogen) atoms. The maximum atomic E-state index is 11.7. The summed E-state index contributed by atoms with van der Waals surface area (Å²) in [6, 6.07) is 16.6. The van der Waals surface area contributed by atoms with E-state index < -0.39 is 24.4 Å². The number of nitrogens with one attached hydrogen (secondary N) is 2. The van der Waals surface area contributed by atoms with Crippen LogP contribution in [0.5, 0.6) is 5.75 Å². The molecule has 7 heteroatoms. The number of esters is 1. The van der Waals surface area contributed by atoms with E-state index in [1.54, 1.807) is 24.3 Å². The van der Waals surface area contributed by atoms with Crippen LogP contribution in [0.15, 0.2) is 54.6 Å². The standard InChI is InChI=1S/C20H22N2O5/c1-15-7-9-16(10-8-15)11-21-19(24)14-27-20(25)12-22-18(23)13-26-17-5-3-2-4-6-17/h2-10H,11-14H2,1H3,(H,21,24)(H,22,23). The van der Waals surface area contributed by atoms with Crippen molar-refractivity contribution in [1.82, 2.24) is 10.6 Å². The number of carbonyl (C=O) groups excluding carboxylic acids is 3. The zero-order valence-electron chi connectivity index (χ0n) is 15.1. The van der Waals surface area contributed by atoms with Crippen LogP contribution in [-0.2, 0) is 25.7 Å². The van der Waals surface area contributed by atoms with E-state index in [4.69, 9.17) is 9.47 Å². The summed E-state index contributed by atoms with van der Waals surface area (Å²) in [5.41, 5.74) is 2.08. The van der Waals surface area contributed by atoms with Gasteiger partial charge in [-0.3, -0.25) is 14.4 Å². The van der Waals surface area contributed by atoms with Crippen LogP contribution < -0.4 is 15.4 Å². The van der Waals surface area contributed by atoms with E-state index in [9.17, 15) is 14.4 Å². The Balaban J connectivity index is 1.57. The lowest BCUT2D eigenvalue weighted by molar-refractivity contribution is -0.148. The largest absolute Gasteiger partial charge is 0.484 e. The molecule has 0 aliphatic carbocycles. The molecule has 0 saturated carbocycles. The second-order valence-corrected chi connectivity index (χ2v) is 5.80. The van der Waals surface area contributed by atoms with Crippen LogP contribution >= 0.6 is 0 Å². The number of aryl methyl sites for hydroxylation is 1. The van der Waals surface area contributed by atoms with Crippen LogP contribution in [0.4, 0.5) is 0 Å². The lowest BCUT2D eigenvalue weighted by Crippen LogP contribution is -2.35. The highest BCUT2D eigenvalue weighted by molar-refractivity contribution is 5.84. The minimum Gasteiger partial charge on any atom is -0.484 e. The molecule has 2 N–H and O–H groups in total. The Morgan fingerprint density at radius 3 is 2.22 bits per heavy atom. The maximum Gasteiger partial charge on any atom is 0.325 e. The molecule has 0 heterocycles. The molecular weight excluding hydrogens is 348 g/mol. The average molecular weight is 370 g/mol. The Morgan fingerprint density at radius 1 is 0.852 bits per heavy atom. The maximum absolute atomic E-state index is 11.7. The number of rotatable bonds is 9. The Kier molecular flexibility index (Phi) is 7.84. The smallest absolute Gasteiger partial charge is 0.325 e. The molecule has 0 aliphatic rings. The first kappa shape index (κ1) is 20.0. The minimum atomic E-state index is -0.700. The third kappa shape index (κ3) is 8.04. The van der Waals surface area contributed by atoms with Crippen LogP contribution in [0.2, 0.25) is 0 Å². The number of para-hydroxylation sites is 1. The Labute approximate surface area is 157 Å². The molecule has 0 aliphatic heterocycles. The van der Waals surface area contributed by atoms with Crippen LogP contribution in [0.3, 0.4) is 0 Å². The van der Waals surface area contributed by atoms with Gasteiger partial charge in [0.2, 0.25) is 0 Å². The normalized spacial score (nSPS) is 9.96. The van der Waals surface area contributed by atoms with Crippen molar-refractivity contribution in [2.75, 3.05) is 19.8 Å². The number of hydrogen-bond acceptors (Lipinski definition) is 5. The molecule has 0 unspecified atom stereocenters. The van der Waals surface area contributed by atoms with Crippen LogP contribution in [-0.4, -0.2) is 37.5 Å². The molecule has 7 nitrogen and oxygen atoms in total. The molecule has 142 valence electrons. The van der Waals surface area contributed by atoms with Crippen molar-refractivity contribution in [3.8, 4) is 5.75 Å². The van der Waals surface area contributed by atoms with Crippen molar-refractivity contribution in [1.29, 1.82) is 0 Å². The molecule has 2 aromatic rings. The van der Waals surface area contributed by atoms with Crippen LogP contribution in [0.1, 0.15) is 11.1 Å². The number of ether oxygens (including phenoxy) is 2. The summed E-state index contributed by atoms with van der Waals surface area (Å²) >= 11 is 0. The van der Waals surface area contributed by atoms with Gasteiger partial charge in [-0.2, -0.15) is 0 Å². The first-order valence-corrected chi connectivity index (χ1v) is 8.45. The molecule has 0 atom stereocenters. The van der Waals surface area contributed by atoms with Gasteiger partial charge in [0.25, 0.3) is 11.8 Å². The molecule has 2 aromatic carbocycles. The predicted molar refractivity (Wildman–Crippen MR) is 98.9 cm³/mol. The topological polar surface area (TPSA) is 93.7 Å². The first-order chi connectivity index (χ1) is 13.0. The lowest BCUT2D eigenvalue weighted by atomic mass is 10.1. The number of carbonyl (C=O) groups is 3. The molecule has 0 saturated heterocycles. The summed E-state index contributed by atoms with van der Waals surface area (Å²) in [4.78, 5) is 34.9. The van der Waals surface area contributed by atoms with Crippen LogP contribution in [0.25, 0.3) is 0 Å². The van der Waals surface area contributed by atoms with E-state index in [2.05, 4.69) is 10.6 Å². The summed E-state index contributed by atoms with van der Waals surface area (Å²) in [5.74, 6) is -1.02. The summed E-state index contributed by atoms with van der Waals surface area (Å²) in [6.45, 7) is 1.39. The van der Waals surface area contributed by atoms with Gasteiger partial charge in [0.15, 0.2) is 13.2 Å². The molecule has 0 aromatic heterocycles. The quantitative estimate of drug-likeness (QED) is 0.650. The SMILES string of the molecule is Cc1ccc(CNC(=O)COC(=O)CNC(=O)COc2ccccc2)cc1. The zero-order valence-corrected chi connectivity index (χ0v) is 15.1. The van der Waals surface area contributed by atoms with Crippen molar-refractivity contribution < 1.29 is 23.9 Å². The van der Waals surface area contributed by atoms with Gasteiger partial charge in [0.05, 0.1) is 0 Å². The van der Waals surface area contributed by atoms with E-state index in [1.807, 2.05) is 37.3 Å². The zero-order chi connectivity index (χ0) is 19.5. The number of benzene rings is 2. The molecule has 0 bridgehead atoms. The van der Waals surface area contributed by atoms with Crippen molar-refractivity contribution >= 4 is 17.8 Å². The van der Waals surface area contributed by atoms with Gasteiger partial charge in [0.1, 0.15) is 12.3 Å². The Bertz CT molecular complexity index is 760. The first-order valence-electron chi connectivity index (χ1n) is 8.45. The van der Waals surface area contributed by atoms with Gasteiger partial charge >= 0.3 is 5.97 Å². The van der Waals surface area contributed by atoms with E-state index in [1.165, 1.54) is 0 Å². The summed E-state index contributed by atoms with van der Waals surface area (Å²) < 4.78 is 10.1. The molecule has 0 spiro atoms. The predicted octanol–water partition coefficient (Wildman–Crippen LogP) is 1.35. The second kappa shape index (κ2) is 10.6. The highest BCUT2D eigenvalue weighted by Gasteiger charge is 2.10. The third-order valence-corrected chi connectivity index (χ3v) is 3.52. The Hall–Kier alpha value is -3.35. The van der Waals surface area contributed by atoms with Crippen LogP contribution in [0, 0.1) is 6.92 Å². The Morgan fingerprint density at radius 2 is 1.52 bits per heavy atom. The number of amides is 2. The monoisotopic (exact) mass is 370 g/mol. The van der Waals surface area contributed by atoms with E-state index in [0.29, 0.717) is 12.3 Å². The average Bonchev–Trinajstić information content (AvgIpc) is 2.69. The summed E-state index contributed by atoms with van der Waals surface area (Å²) in [5, 5.41) is 5.02. The summed E-state index contributed by atoms with van der Waals surface area (Å²) in [6.07, 6.45) is 0. The second-order valence-electron chi connectivity index (χ2n) is 5.80. The van der Waals surface area contributed by atoms with Crippen molar-refractivity contribution in [2.45, 2.75) is 13.5 Å². The van der Waals surface area contributed by atoms with E-state index in [0.717, 1.165) is 11.1 Å². The minimum absolute atomic E-state index is 0.214. The fourth-order valence-electron chi connectivity index (χ4n) is 2.04. The van der Waals surface area contributed by atoms with Crippen molar-refractivity contribution in [3.05, 3.63) is 65.7 Å². The van der Waals surface area contributed by atoms with Gasteiger partial charge in [0, 0.05) is 6.54 Å². The molecule has 2 rings (SSSR count). The van der Waals surface area contributed by atoms with Gasteiger partial charge in [-0.15, -0.1) is 0 Å². The van der Waals surface area contributed by atoms with Crippen molar-refractivity contribution in [2.24, 2.45) is 0 Å². The number of hydrogen-bond donors (Lipinski definition) is 2. The van der Waals surface area contributed by atoms with E-state index in [-0.39, 0.29) is 13.2 Å². The third-order valence-electron chi connectivity index (χ3n) is 3.52. The van der Waals surface area contributed by atoms with Gasteiger partial charge in [-0.05, 0) is 24.6 Å². The highest BCUT2D eigenvalue weighted by atomic mass is 16.5. The van der Waals surface area contributed by atoms with Crippen molar-refractivity contribution in [3.63, 3.8) is 0 Å². The highest BCUT2D eigenvalue weighted by Crippen LogP contribution is 2.07. The molecule has 0 fully saturated rings. The molecule has 2 amide bonds. The van der Waals surface area contributed by atoms with E-state index >= 15 is 0 Å². The van der Waals surface area contributed by atoms with Gasteiger partial charge in [-0.1, -0.05) is 48.0 Å². The molecular formula is C20H22N2O5. The lowest BCUT2D eigenvalue weighted by Gasteiger charge is -2.08. The fraction of sp³-hybridized carbons (Fsp3) is 0.250. The van der Waals surface area contributed by atoms with Gasteiger partial charge < -0.3 is 20.1 Å². The molecule has 0 radical (unpaired) electrons. The fourth-order valence-corrected chi connectivity index (χ4v) is 2.04. The van der Waals surface area contributed by atoms with Gasteiger partial charge in [-0.25, -0.2) is 0 Å².